The monoisotopic (exact) mass is 363 g/mol. The van der Waals surface area contributed by atoms with Crippen molar-refractivity contribution in [3.8, 4) is 11.3 Å². The topological polar surface area (TPSA) is 115 Å². The summed E-state index contributed by atoms with van der Waals surface area (Å²) in [6.07, 6.45) is -1.07. The smallest absolute Gasteiger partial charge is 0.414 e. The Morgan fingerprint density at radius 1 is 1.19 bits per heavy atom. The van der Waals surface area contributed by atoms with Crippen molar-refractivity contribution in [1.29, 1.82) is 0 Å². The van der Waals surface area contributed by atoms with Crippen molar-refractivity contribution in [3.05, 3.63) is 52.3 Å². The molecule has 2 aromatic heterocycles. The highest BCUT2D eigenvalue weighted by molar-refractivity contribution is 5.98. The first kappa shape index (κ1) is 16.8. The van der Waals surface area contributed by atoms with Gasteiger partial charge in [0.25, 0.3) is 5.56 Å². The number of hydrogen-bond acceptors (Lipinski definition) is 4. The molecule has 0 aliphatic carbocycles. The van der Waals surface area contributed by atoms with Gasteiger partial charge in [-0.3, -0.25) is 4.79 Å². The third-order valence-electron chi connectivity index (χ3n) is 4.65. The van der Waals surface area contributed by atoms with Crippen LogP contribution in [0.25, 0.3) is 33.1 Å². The SMILES string of the molecule is CCN(C(=O)O)c1nc2c(C)c(-c3n[nH]c(=O)c4ccccc34)ccc2[nH]1. The van der Waals surface area contributed by atoms with E-state index in [0.29, 0.717) is 16.6 Å². The van der Waals surface area contributed by atoms with Crippen molar-refractivity contribution in [3.63, 3.8) is 0 Å². The zero-order valence-electron chi connectivity index (χ0n) is 14.8. The summed E-state index contributed by atoms with van der Waals surface area (Å²) in [6.45, 7) is 3.93. The highest BCUT2D eigenvalue weighted by Crippen LogP contribution is 2.31. The van der Waals surface area contributed by atoms with Crippen molar-refractivity contribution in [1.82, 2.24) is 20.2 Å². The van der Waals surface area contributed by atoms with Crippen LogP contribution < -0.4 is 10.5 Å². The van der Waals surface area contributed by atoms with Crippen LogP contribution >= 0.6 is 0 Å². The number of nitrogens with zero attached hydrogens (tertiary/aromatic N) is 3. The average Bonchev–Trinajstić information content (AvgIpc) is 3.08. The van der Waals surface area contributed by atoms with E-state index in [9.17, 15) is 14.7 Å². The zero-order chi connectivity index (χ0) is 19.1. The molecule has 2 heterocycles. The molecule has 0 aliphatic heterocycles. The Kier molecular flexibility index (Phi) is 3.88. The Morgan fingerprint density at radius 3 is 2.63 bits per heavy atom. The first-order valence-electron chi connectivity index (χ1n) is 8.48. The van der Waals surface area contributed by atoms with E-state index in [-0.39, 0.29) is 18.1 Å². The first-order chi connectivity index (χ1) is 13.0. The van der Waals surface area contributed by atoms with E-state index in [0.717, 1.165) is 26.9 Å². The summed E-state index contributed by atoms with van der Waals surface area (Å²) in [7, 11) is 0. The van der Waals surface area contributed by atoms with E-state index >= 15 is 0 Å². The third-order valence-corrected chi connectivity index (χ3v) is 4.65. The molecule has 1 amide bonds. The van der Waals surface area contributed by atoms with Crippen molar-refractivity contribution >= 4 is 33.8 Å². The molecule has 0 atom stereocenters. The summed E-state index contributed by atoms with van der Waals surface area (Å²) >= 11 is 0. The highest BCUT2D eigenvalue weighted by Gasteiger charge is 2.19. The largest absolute Gasteiger partial charge is 0.465 e. The summed E-state index contributed by atoms with van der Waals surface area (Å²) < 4.78 is 0. The van der Waals surface area contributed by atoms with Crippen LogP contribution in [-0.4, -0.2) is 37.9 Å². The second-order valence-corrected chi connectivity index (χ2v) is 6.17. The minimum atomic E-state index is -1.07. The van der Waals surface area contributed by atoms with Crippen molar-refractivity contribution < 1.29 is 9.90 Å². The van der Waals surface area contributed by atoms with Gasteiger partial charge in [-0.25, -0.2) is 19.8 Å². The number of carbonyl (C=O) groups is 1. The lowest BCUT2D eigenvalue weighted by Crippen LogP contribution is -2.29. The predicted molar refractivity (Wildman–Crippen MR) is 103 cm³/mol. The van der Waals surface area contributed by atoms with Gasteiger partial charge in [0.1, 0.15) is 0 Å². The maximum Gasteiger partial charge on any atom is 0.414 e. The predicted octanol–water partition coefficient (Wildman–Crippen LogP) is 3.28. The van der Waals surface area contributed by atoms with Gasteiger partial charge < -0.3 is 10.1 Å². The molecule has 27 heavy (non-hydrogen) atoms. The normalized spacial score (nSPS) is 11.2. The number of hydrogen-bond donors (Lipinski definition) is 3. The maximum absolute atomic E-state index is 12.0. The number of aryl methyl sites for hydroxylation is 1. The molecule has 0 bridgehead atoms. The van der Waals surface area contributed by atoms with E-state index in [2.05, 4.69) is 20.2 Å². The molecule has 8 heteroatoms. The van der Waals surface area contributed by atoms with E-state index in [4.69, 9.17) is 0 Å². The van der Waals surface area contributed by atoms with Crippen LogP contribution in [0.2, 0.25) is 0 Å². The maximum atomic E-state index is 12.0. The minimum Gasteiger partial charge on any atom is -0.465 e. The van der Waals surface area contributed by atoms with Crippen LogP contribution in [0.3, 0.4) is 0 Å². The quantitative estimate of drug-likeness (QED) is 0.517. The van der Waals surface area contributed by atoms with Crippen molar-refractivity contribution in [2.45, 2.75) is 13.8 Å². The summed E-state index contributed by atoms with van der Waals surface area (Å²) in [4.78, 5) is 32.1. The van der Waals surface area contributed by atoms with E-state index in [1.807, 2.05) is 37.3 Å². The molecule has 3 N–H and O–H groups in total. The number of nitrogens with one attached hydrogen (secondary N) is 2. The number of rotatable bonds is 3. The van der Waals surface area contributed by atoms with Gasteiger partial charge in [0.2, 0.25) is 5.95 Å². The molecular formula is C19H17N5O3. The molecular weight excluding hydrogens is 346 g/mol. The van der Waals surface area contributed by atoms with Gasteiger partial charge in [0.05, 0.1) is 22.1 Å². The fraction of sp³-hybridized carbons (Fsp3) is 0.158. The second kappa shape index (κ2) is 6.24. The number of imidazole rings is 1. The van der Waals surface area contributed by atoms with Crippen LogP contribution in [0.1, 0.15) is 12.5 Å². The standard InChI is InChI=1S/C19H17N5O3/c1-3-24(19(26)27)18-20-14-9-8-11(10(2)15(14)21-18)16-12-6-4-5-7-13(12)17(25)23-22-16/h4-9H,3H2,1-2H3,(H,20,21)(H,23,25)(H,26,27). The Balaban J connectivity index is 1.95. The lowest BCUT2D eigenvalue weighted by atomic mass is 10.00. The summed E-state index contributed by atoms with van der Waals surface area (Å²) in [5.41, 5.74) is 3.49. The lowest BCUT2D eigenvalue weighted by molar-refractivity contribution is 0.202. The lowest BCUT2D eigenvalue weighted by Gasteiger charge is -2.12. The molecule has 0 saturated heterocycles. The van der Waals surface area contributed by atoms with Crippen molar-refractivity contribution in [2.75, 3.05) is 11.4 Å². The van der Waals surface area contributed by atoms with E-state index < -0.39 is 6.09 Å². The molecule has 0 unspecified atom stereocenters. The Labute approximate surface area is 153 Å². The summed E-state index contributed by atoms with van der Waals surface area (Å²) in [5.74, 6) is 0.277. The number of aromatic amines is 2. The van der Waals surface area contributed by atoms with Gasteiger partial charge in [0, 0.05) is 17.5 Å². The van der Waals surface area contributed by atoms with Crippen LogP contribution in [-0.2, 0) is 0 Å². The van der Waals surface area contributed by atoms with Gasteiger partial charge in [-0.1, -0.05) is 24.3 Å². The number of amides is 1. The number of anilines is 1. The van der Waals surface area contributed by atoms with Gasteiger partial charge >= 0.3 is 6.09 Å². The molecule has 0 fully saturated rings. The van der Waals surface area contributed by atoms with Gasteiger partial charge in [0.15, 0.2) is 0 Å². The van der Waals surface area contributed by atoms with Crippen LogP contribution in [0.15, 0.2) is 41.2 Å². The number of H-pyrrole nitrogens is 2. The molecule has 136 valence electrons. The van der Waals surface area contributed by atoms with Crippen LogP contribution in [0.4, 0.5) is 10.7 Å². The van der Waals surface area contributed by atoms with E-state index in [1.165, 1.54) is 0 Å². The Hall–Kier alpha value is -3.68. The zero-order valence-corrected chi connectivity index (χ0v) is 14.8. The van der Waals surface area contributed by atoms with Gasteiger partial charge in [-0.15, -0.1) is 0 Å². The first-order valence-corrected chi connectivity index (χ1v) is 8.48. The Bertz CT molecular complexity index is 1240. The number of carboxylic acid groups (broad SMARTS) is 1. The molecule has 4 rings (SSSR count). The molecule has 4 aromatic rings. The molecule has 0 radical (unpaired) electrons. The van der Waals surface area contributed by atoms with Crippen LogP contribution in [0.5, 0.6) is 0 Å². The fourth-order valence-electron chi connectivity index (χ4n) is 3.28. The van der Waals surface area contributed by atoms with Gasteiger partial charge in [-0.2, -0.15) is 5.10 Å². The number of benzene rings is 2. The Morgan fingerprint density at radius 2 is 1.93 bits per heavy atom. The van der Waals surface area contributed by atoms with Crippen molar-refractivity contribution in [2.24, 2.45) is 0 Å². The summed E-state index contributed by atoms with van der Waals surface area (Å²) in [6, 6.07) is 11.0. The van der Waals surface area contributed by atoms with Crippen LogP contribution in [0, 0.1) is 6.92 Å². The molecule has 8 nitrogen and oxygen atoms in total. The van der Waals surface area contributed by atoms with Gasteiger partial charge in [-0.05, 0) is 31.5 Å². The summed E-state index contributed by atoms with van der Waals surface area (Å²) in [5, 5.41) is 17.4. The molecule has 0 spiro atoms. The van der Waals surface area contributed by atoms with E-state index in [1.54, 1.807) is 13.0 Å². The minimum absolute atomic E-state index is 0.241. The highest BCUT2D eigenvalue weighted by atomic mass is 16.4. The molecule has 2 aromatic carbocycles. The fourth-order valence-corrected chi connectivity index (χ4v) is 3.28. The number of fused-ring (bicyclic) bond motifs is 2. The average molecular weight is 363 g/mol. The molecule has 0 aliphatic rings. The second-order valence-electron chi connectivity index (χ2n) is 6.17. The molecule has 0 saturated carbocycles. The third kappa shape index (κ3) is 2.62. The number of aromatic nitrogens is 4.